The second-order valence-electron chi connectivity index (χ2n) is 7.28. The molecule has 1 saturated heterocycles. The standard InChI is InChI=1S/C21H24N4O5/c1-15(26)23-7-9-24(10-8-23)21(28)17-3-2-6-25(17)13-20(27)22-12-16-4-5-18-19(11-16)30-14-29-18/h2-6,11H,7-10,12-14H2,1H3,(H,22,27). The van der Waals surface area contributed by atoms with Gasteiger partial charge in [0.05, 0.1) is 0 Å². The van der Waals surface area contributed by atoms with Crippen molar-refractivity contribution in [2.24, 2.45) is 0 Å². The number of carbonyl (C=O) groups excluding carboxylic acids is 3. The van der Waals surface area contributed by atoms with Gasteiger partial charge < -0.3 is 29.2 Å². The number of carbonyl (C=O) groups is 3. The topological polar surface area (TPSA) is 93.1 Å². The van der Waals surface area contributed by atoms with Gasteiger partial charge in [0.25, 0.3) is 5.91 Å². The molecule has 0 atom stereocenters. The van der Waals surface area contributed by atoms with Gasteiger partial charge in [0.1, 0.15) is 12.2 Å². The smallest absolute Gasteiger partial charge is 0.270 e. The number of fused-ring (bicyclic) bond motifs is 1. The highest BCUT2D eigenvalue weighted by molar-refractivity contribution is 5.93. The van der Waals surface area contributed by atoms with Crippen LogP contribution in [0.25, 0.3) is 0 Å². The van der Waals surface area contributed by atoms with Crippen LogP contribution in [-0.2, 0) is 22.7 Å². The van der Waals surface area contributed by atoms with Gasteiger partial charge in [-0.3, -0.25) is 14.4 Å². The highest BCUT2D eigenvalue weighted by Crippen LogP contribution is 2.32. The SMILES string of the molecule is CC(=O)N1CCN(C(=O)c2cccn2CC(=O)NCc2ccc3c(c2)OCO3)CC1. The van der Waals surface area contributed by atoms with Gasteiger partial charge in [-0.25, -0.2) is 0 Å². The number of ether oxygens (including phenoxy) is 2. The molecule has 3 heterocycles. The molecule has 2 aliphatic rings. The number of nitrogens with one attached hydrogen (secondary N) is 1. The number of nitrogens with zero attached hydrogens (tertiary/aromatic N) is 3. The van der Waals surface area contributed by atoms with Crippen molar-refractivity contribution < 1.29 is 23.9 Å². The molecule has 1 aromatic carbocycles. The summed E-state index contributed by atoms with van der Waals surface area (Å²) in [7, 11) is 0. The van der Waals surface area contributed by atoms with Crippen LogP contribution in [0.5, 0.6) is 11.5 Å². The maximum atomic E-state index is 12.9. The first kappa shape index (κ1) is 19.8. The molecule has 30 heavy (non-hydrogen) atoms. The molecule has 158 valence electrons. The highest BCUT2D eigenvalue weighted by atomic mass is 16.7. The molecule has 0 bridgehead atoms. The van der Waals surface area contributed by atoms with Crippen LogP contribution in [-0.4, -0.2) is 65.1 Å². The van der Waals surface area contributed by atoms with Crippen LogP contribution in [0.15, 0.2) is 36.5 Å². The van der Waals surface area contributed by atoms with Crippen LogP contribution in [0.2, 0.25) is 0 Å². The Hall–Kier alpha value is -3.49. The fourth-order valence-electron chi connectivity index (χ4n) is 3.59. The van der Waals surface area contributed by atoms with Crippen molar-refractivity contribution in [2.45, 2.75) is 20.0 Å². The normalized spacial score (nSPS) is 15.2. The van der Waals surface area contributed by atoms with Crippen molar-refractivity contribution in [3.63, 3.8) is 0 Å². The third-order valence-corrected chi connectivity index (χ3v) is 5.30. The predicted octanol–water partition coefficient (Wildman–Crippen LogP) is 0.837. The van der Waals surface area contributed by atoms with Crippen molar-refractivity contribution in [3.8, 4) is 11.5 Å². The number of piperazine rings is 1. The summed E-state index contributed by atoms with van der Waals surface area (Å²) in [6.45, 7) is 4.17. The molecule has 3 amide bonds. The van der Waals surface area contributed by atoms with Gasteiger partial charge in [-0.2, -0.15) is 0 Å². The van der Waals surface area contributed by atoms with E-state index in [1.165, 1.54) is 6.92 Å². The third-order valence-electron chi connectivity index (χ3n) is 5.30. The van der Waals surface area contributed by atoms with Gasteiger partial charge in [0.2, 0.25) is 18.6 Å². The predicted molar refractivity (Wildman–Crippen MR) is 107 cm³/mol. The summed E-state index contributed by atoms with van der Waals surface area (Å²) in [5.74, 6) is 1.06. The summed E-state index contributed by atoms with van der Waals surface area (Å²) >= 11 is 0. The average Bonchev–Trinajstić information content (AvgIpc) is 3.40. The Morgan fingerprint density at radius 1 is 1.00 bits per heavy atom. The van der Waals surface area contributed by atoms with Crippen molar-refractivity contribution in [1.29, 1.82) is 0 Å². The molecule has 0 saturated carbocycles. The van der Waals surface area contributed by atoms with Crippen LogP contribution < -0.4 is 14.8 Å². The quantitative estimate of drug-likeness (QED) is 0.786. The van der Waals surface area contributed by atoms with E-state index in [1.54, 1.807) is 32.7 Å². The van der Waals surface area contributed by atoms with Crippen LogP contribution in [0, 0.1) is 0 Å². The van der Waals surface area contributed by atoms with Gasteiger partial charge >= 0.3 is 0 Å². The van der Waals surface area contributed by atoms with Gasteiger partial charge in [0, 0.05) is 45.8 Å². The number of amides is 3. The van der Waals surface area contributed by atoms with Crippen molar-refractivity contribution in [3.05, 3.63) is 47.8 Å². The number of benzene rings is 1. The fourth-order valence-corrected chi connectivity index (χ4v) is 3.59. The third kappa shape index (κ3) is 4.24. The van der Waals surface area contributed by atoms with Crippen LogP contribution >= 0.6 is 0 Å². The Labute approximate surface area is 174 Å². The van der Waals surface area contributed by atoms with E-state index < -0.39 is 0 Å². The Morgan fingerprint density at radius 3 is 2.50 bits per heavy atom. The molecule has 2 aliphatic heterocycles. The maximum Gasteiger partial charge on any atom is 0.270 e. The second-order valence-corrected chi connectivity index (χ2v) is 7.28. The Bertz CT molecular complexity index is 962. The lowest BCUT2D eigenvalue weighted by atomic mass is 10.2. The first-order chi connectivity index (χ1) is 14.5. The molecule has 0 unspecified atom stereocenters. The van der Waals surface area contributed by atoms with E-state index in [2.05, 4.69) is 5.32 Å². The van der Waals surface area contributed by atoms with E-state index >= 15 is 0 Å². The molecule has 0 spiro atoms. The summed E-state index contributed by atoms with van der Waals surface area (Å²) in [5.41, 5.74) is 1.37. The Kier molecular flexibility index (Phi) is 5.60. The molecular weight excluding hydrogens is 388 g/mol. The summed E-state index contributed by atoms with van der Waals surface area (Å²) in [5, 5.41) is 2.87. The molecule has 1 N–H and O–H groups in total. The van der Waals surface area contributed by atoms with E-state index in [-0.39, 0.29) is 31.1 Å². The largest absolute Gasteiger partial charge is 0.454 e. The minimum atomic E-state index is -0.195. The molecule has 0 aliphatic carbocycles. The molecule has 9 nitrogen and oxygen atoms in total. The molecule has 0 radical (unpaired) electrons. The molecule has 9 heteroatoms. The zero-order valence-electron chi connectivity index (χ0n) is 16.8. The zero-order chi connectivity index (χ0) is 21.1. The molecule has 4 rings (SSSR count). The first-order valence-corrected chi connectivity index (χ1v) is 9.86. The lowest BCUT2D eigenvalue weighted by Crippen LogP contribution is -2.50. The minimum absolute atomic E-state index is 0.0182. The monoisotopic (exact) mass is 412 g/mol. The van der Waals surface area contributed by atoms with Gasteiger partial charge in [-0.1, -0.05) is 6.07 Å². The minimum Gasteiger partial charge on any atom is -0.454 e. The van der Waals surface area contributed by atoms with E-state index in [1.807, 2.05) is 18.2 Å². The lowest BCUT2D eigenvalue weighted by Gasteiger charge is -2.34. The molecule has 1 aromatic heterocycles. The summed E-state index contributed by atoms with van der Waals surface area (Å²) < 4.78 is 12.3. The van der Waals surface area contributed by atoms with Gasteiger partial charge in [0.15, 0.2) is 11.5 Å². The van der Waals surface area contributed by atoms with Crippen LogP contribution in [0.4, 0.5) is 0 Å². The van der Waals surface area contributed by atoms with Gasteiger partial charge in [-0.05, 0) is 29.8 Å². The number of aromatic nitrogens is 1. The van der Waals surface area contributed by atoms with Crippen molar-refractivity contribution >= 4 is 17.7 Å². The maximum absolute atomic E-state index is 12.9. The van der Waals surface area contributed by atoms with Crippen molar-refractivity contribution in [2.75, 3.05) is 33.0 Å². The molecule has 2 aromatic rings. The van der Waals surface area contributed by atoms with Crippen molar-refractivity contribution in [1.82, 2.24) is 19.7 Å². The van der Waals surface area contributed by atoms with Crippen LogP contribution in [0.1, 0.15) is 23.0 Å². The Morgan fingerprint density at radius 2 is 1.73 bits per heavy atom. The van der Waals surface area contributed by atoms with Gasteiger partial charge in [-0.15, -0.1) is 0 Å². The first-order valence-electron chi connectivity index (χ1n) is 9.86. The highest BCUT2D eigenvalue weighted by Gasteiger charge is 2.25. The number of rotatable bonds is 5. The fraction of sp³-hybridized carbons (Fsp3) is 0.381. The number of hydrogen-bond acceptors (Lipinski definition) is 5. The zero-order valence-corrected chi connectivity index (χ0v) is 16.8. The van der Waals surface area contributed by atoms with Crippen LogP contribution in [0.3, 0.4) is 0 Å². The lowest BCUT2D eigenvalue weighted by molar-refractivity contribution is -0.130. The summed E-state index contributed by atoms with van der Waals surface area (Å²) in [4.78, 5) is 40.2. The van der Waals surface area contributed by atoms with E-state index in [0.29, 0.717) is 49.9 Å². The summed E-state index contributed by atoms with van der Waals surface area (Å²) in [6, 6.07) is 9.00. The Balaban J connectivity index is 1.32. The average molecular weight is 412 g/mol. The molecular formula is C21H24N4O5. The number of hydrogen-bond donors (Lipinski definition) is 1. The van der Waals surface area contributed by atoms with E-state index in [0.717, 1.165) is 5.56 Å². The summed E-state index contributed by atoms with van der Waals surface area (Å²) in [6.07, 6.45) is 1.72. The van der Waals surface area contributed by atoms with E-state index in [9.17, 15) is 14.4 Å². The molecule has 1 fully saturated rings. The van der Waals surface area contributed by atoms with E-state index in [4.69, 9.17) is 9.47 Å². The second kappa shape index (κ2) is 8.48.